The number of benzene rings is 1. The van der Waals surface area contributed by atoms with Crippen molar-refractivity contribution >= 4 is 23.2 Å². The number of hydroxylamine groups is 1. The normalized spacial score (nSPS) is 18.4. The highest BCUT2D eigenvalue weighted by atomic mass is 19.4. The first kappa shape index (κ1) is 26.5. The number of halogens is 6. The van der Waals surface area contributed by atoms with Gasteiger partial charge in [-0.05, 0) is 36.6 Å². The molecule has 0 bridgehead atoms. The molecule has 3 aromatic rings. The van der Waals surface area contributed by atoms with E-state index in [4.69, 9.17) is 10.6 Å². The van der Waals surface area contributed by atoms with Gasteiger partial charge in [0, 0.05) is 31.2 Å². The number of carbonyl (C=O) groups is 1. The van der Waals surface area contributed by atoms with Crippen molar-refractivity contribution in [3.8, 4) is 11.1 Å². The van der Waals surface area contributed by atoms with Crippen LogP contribution in [0.5, 0.6) is 0 Å². The number of nitrogens with two attached hydrogens (primary N) is 1. The van der Waals surface area contributed by atoms with Crippen molar-refractivity contribution in [3.05, 3.63) is 60.1 Å². The summed E-state index contributed by atoms with van der Waals surface area (Å²) < 4.78 is 83.7. The average Bonchev–Trinajstić information content (AvgIpc) is 3.47. The molecule has 206 valence electrons. The highest BCUT2D eigenvalue weighted by Gasteiger charge is 2.69. The third kappa shape index (κ3) is 5.01. The van der Waals surface area contributed by atoms with Crippen molar-refractivity contribution in [3.63, 3.8) is 0 Å². The summed E-state index contributed by atoms with van der Waals surface area (Å²) >= 11 is 0. The molecule has 9 nitrogen and oxygen atoms in total. The fraction of sp³-hybridized carbons (Fsp3) is 0.333. The quantitative estimate of drug-likeness (QED) is 0.381. The van der Waals surface area contributed by atoms with Crippen LogP contribution in [0.4, 0.5) is 43.7 Å². The Balaban J connectivity index is 1.36. The van der Waals surface area contributed by atoms with Crippen molar-refractivity contribution in [2.24, 2.45) is 18.2 Å². The van der Waals surface area contributed by atoms with Gasteiger partial charge in [-0.3, -0.25) is 14.3 Å². The molecule has 3 heterocycles. The van der Waals surface area contributed by atoms with Gasteiger partial charge in [0.2, 0.25) is 11.9 Å². The monoisotopic (exact) mass is 553 g/mol. The van der Waals surface area contributed by atoms with Crippen molar-refractivity contribution in [1.82, 2.24) is 19.7 Å². The van der Waals surface area contributed by atoms with E-state index in [-0.39, 0.29) is 35.9 Å². The molecule has 15 heteroatoms. The van der Waals surface area contributed by atoms with Gasteiger partial charge in [-0.25, -0.2) is 28.2 Å². The van der Waals surface area contributed by atoms with Gasteiger partial charge in [-0.2, -0.15) is 18.3 Å². The topological polar surface area (TPSA) is 111 Å². The highest BCUT2D eigenvalue weighted by molar-refractivity contribution is 5.78. The van der Waals surface area contributed by atoms with Gasteiger partial charge in [-0.15, -0.1) is 0 Å². The Hall–Kier alpha value is -4.14. The number of carbonyl (C=O) groups excluding carboxylic acids is 1. The van der Waals surface area contributed by atoms with Gasteiger partial charge < -0.3 is 11.1 Å². The SMILES string of the molecule is Cn1cc(Nc2ncc(-c3ccc(N4OC(C5(C(F)(F)F)CC5)C=C4CC(N)=O)c(F)c3)cn2)c(C(F)F)n1. The Morgan fingerprint density at radius 2 is 1.92 bits per heavy atom. The van der Waals surface area contributed by atoms with E-state index in [0.29, 0.717) is 11.1 Å². The van der Waals surface area contributed by atoms with Crippen LogP contribution in [-0.4, -0.2) is 37.9 Å². The average molecular weight is 553 g/mol. The number of nitrogens with zero attached hydrogens (tertiary/aromatic N) is 5. The van der Waals surface area contributed by atoms with Gasteiger partial charge in [0.25, 0.3) is 6.43 Å². The molecule has 1 unspecified atom stereocenters. The van der Waals surface area contributed by atoms with Crippen LogP contribution in [0.1, 0.15) is 31.4 Å². The van der Waals surface area contributed by atoms with Crippen LogP contribution in [0.25, 0.3) is 11.1 Å². The molecule has 1 aliphatic carbocycles. The van der Waals surface area contributed by atoms with E-state index in [1.807, 2.05) is 0 Å². The molecule has 39 heavy (non-hydrogen) atoms. The maximum absolute atomic E-state index is 15.2. The lowest BCUT2D eigenvalue weighted by Gasteiger charge is -2.27. The molecule has 2 aromatic heterocycles. The zero-order valence-corrected chi connectivity index (χ0v) is 20.2. The maximum atomic E-state index is 15.2. The van der Waals surface area contributed by atoms with Crippen LogP contribution in [0.3, 0.4) is 0 Å². The van der Waals surface area contributed by atoms with E-state index >= 15 is 4.39 Å². The fourth-order valence-corrected chi connectivity index (χ4v) is 4.38. The van der Waals surface area contributed by atoms with E-state index in [9.17, 15) is 26.7 Å². The minimum absolute atomic E-state index is 0.00199. The van der Waals surface area contributed by atoms with Crippen molar-refractivity contribution in [2.75, 3.05) is 10.4 Å². The lowest BCUT2D eigenvalue weighted by atomic mass is 9.97. The molecule has 1 amide bonds. The predicted molar refractivity (Wildman–Crippen MR) is 126 cm³/mol. The molecule has 1 saturated carbocycles. The zero-order chi connectivity index (χ0) is 28.1. The molecule has 1 fully saturated rings. The van der Waals surface area contributed by atoms with Crippen LogP contribution in [0, 0.1) is 11.2 Å². The Bertz CT molecular complexity index is 1430. The van der Waals surface area contributed by atoms with Crippen molar-refractivity contribution in [1.29, 1.82) is 0 Å². The number of aryl methyl sites for hydroxylation is 1. The molecule has 3 N–H and O–H groups in total. The first-order valence-corrected chi connectivity index (χ1v) is 11.6. The Morgan fingerprint density at radius 1 is 1.23 bits per heavy atom. The summed E-state index contributed by atoms with van der Waals surface area (Å²) in [7, 11) is 1.49. The van der Waals surface area contributed by atoms with Crippen LogP contribution in [0.2, 0.25) is 0 Å². The third-order valence-electron chi connectivity index (χ3n) is 6.54. The van der Waals surface area contributed by atoms with Crippen molar-refractivity contribution < 1.29 is 36.0 Å². The number of amides is 1. The van der Waals surface area contributed by atoms with E-state index in [1.165, 1.54) is 48.5 Å². The minimum Gasteiger partial charge on any atom is -0.369 e. The summed E-state index contributed by atoms with van der Waals surface area (Å²) in [4.78, 5) is 25.2. The third-order valence-corrected chi connectivity index (χ3v) is 6.54. The van der Waals surface area contributed by atoms with Gasteiger partial charge in [0.05, 0.1) is 23.2 Å². The number of anilines is 3. The molecule has 1 aliphatic heterocycles. The molecule has 0 radical (unpaired) electrons. The highest BCUT2D eigenvalue weighted by Crippen LogP contribution is 2.62. The second-order valence-corrected chi connectivity index (χ2v) is 9.26. The molecular formula is C24H21F6N7O2. The zero-order valence-electron chi connectivity index (χ0n) is 20.2. The predicted octanol–water partition coefficient (Wildman–Crippen LogP) is 4.92. The summed E-state index contributed by atoms with van der Waals surface area (Å²) in [5, 5.41) is 7.21. The van der Waals surface area contributed by atoms with Crippen LogP contribution < -0.4 is 16.1 Å². The lowest BCUT2D eigenvalue weighted by molar-refractivity contribution is -0.212. The van der Waals surface area contributed by atoms with Gasteiger partial charge in [0.15, 0.2) is 5.69 Å². The van der Waals surface area contributed by atoms with Crippen LogP contribution >= 0.6 is 0 Å². The van der Waals surface area contributed by atoms with E-state index < -0.39 is 48.0 Å². The Labute approximate surface area is 217 Å². The summed E-state index contributed by atoms with van der Waals surface area (Å²) in [6.07, 6.45) is -4.33. The minimum atomic E-state index is -4.54. The standard InChI is InChI=1S/C24H21F6N7O2/c1-36-11-16(20(35-36)21(26)27)34-22-32-9-13(10-33-22)12-2-3-17(15(25)6-12)37-14(8-19(31)38)7-18(39-37)23(4-5-23)24(28,29)30/h2-3,6-7,9-11,18,21H,4-5,8H2,1H3,(H2,31,38)(H,32,33,34). The molecule has 5 rings (SSSR count). The number of alkyl halides is 5. The lowest BCUT2D eigenvalue weighted by Crippen LogP contribution is -2.37. The van der Waals surface area contributed by atoms with Gasteiger partial charge in [0.1, 0.15) is 17.6 Å². The molecule has 0 spiro atoms. The molecular weight excluding hydrogens is 532 g/mol. The van der Waals surface area contributed by atoms with E-state index in [2.05, 4.69) is 20.4 Å². The second kappa shape index (κ2) is 9.55. The Morgan fingerprint density at radius 3 is 2.49 bits per heavy atom. The van der Waals surface area contributed by atoms with E-state index in [0.717, 1.165) is 11.1 Å². The number of hydrogen-bond acceptors (Lipinski definition) is 7. The second-order valence-electron chi connectivity index (χ2n) is 9.26. The Kier molecular flexibility index (Phi) is 6.48. The number of nitrogens with one attached hydrogen (secondary N) is 1. The number of primary amides is 1. The molecule has 0 saturated heterocycles. The number of hydrogen-bond donors (Lipinski definition) is 2. The summed E-state index contributed by atoms with van der Waals surface area (Å²) in [5.74, 6) is -1.66. The number of aromatic nitrogens is 4. The largest absolute Gasteiger partial charge is 0.397 e. The van der Waals surface area contributed by atoms with Crippen LogP contribution in [-0.2, 0) is 16.7 Å². The van der Waals surface area contributed by atoms with Crippen LogP contribution in [0.15, 0.2) is 48.6 Å². The fourth-order valence-electron chi connectivity index (χ4n) is 4.38. The summed E-state index contributed by atoms with van der Waals surface area (Å²) in [5.41, 5.74) is 3.20. The summed E-state index contributed by atoms with van der Waals surface area (Å²) in [6.45, 7) is 0. The molecule has 1 aromatic carbocycles. The first-order valence-electron chi connectivity index (χ1n) is 11.6. The smallest absolute Gasteiger partial charge is 0.369 e. The first-order chi connectivity index (χ1) is 18.4. The molecule has 1 atom stereocenters. The number of rotatable bonds is 8. The maximum Gasteiger partial charge on any atom is 0.397 e. The van der Waals surface area contributed by atoms with Gasteiger partial charge in [-0.1, -0.05) is 6.07 Å². The van der Waals surface area contributed by atoms with Crippen molar-refractivity contribution in [2.45, 2.75) is 38.0 Å². The molecule has 2 aliphatic rings. The summed E-state index contributed by atoms with van der Waals surface area (Å²) in [6, 6.07) is 3.85. The van der Waals surface area contributed by atoms with E-state index in [1.54, 1.807) is 0 Å². The van der Waals surface area contributed by atoms with Gasteiger partial charge >= 0.3 is 6.18 Å².